The van der Waals surface area contributed by atoms with E-state index >= 15 is 0 Å². The van der Waals surface area contributed by atoms with Gasteiger partial charge in [0.05, 0.1) is 0 Å². The van der Waals surface area contributed by atoms with Crippen molar-refractivity contribution in [2.75, 3.05) is 26.2 Å². The molecule has 0 saturated carbocycles. The minimum Gasteiger partial charge on any atom is -0.410 e. The van der Waals surface area contributed by atoms with Crippen LogP contribution in [0.3, 0.4) is 0 Å². The minimum absolute atomic E-state index is 0.249. The molecule has 0 radical (unpaired) electrons. The molecule has 4 nitrogen and oxygen atoms in total. The summed E-state index contributed by atoms with van der Waals surface area (Å²) in [5, 5.41) is 0. The number of carbonyl (C=O) groups excluding carboxylic acids is 1. The van der Waals surface area contributed by atoms with Crippen molar-refractivity contribution >= 4 is 6.09 Å². The Balaban J connectivity index is 1.61. The second-order valence-electron chi connectivity index (χ2n) is 6.39. The third kappa shape index (κ3) is 4.60. The molecule has 1 atom stereocenters. The van der Waals surface area contributed by atoms with Crippen LogP contribution in [0, 0.1) is 0 Å². The topological polar surface area (TPSA) is 32.8 Å². The number of benzene rings is 2. The van der Waals surface area contributed by atoms with Gasteiger partial charge in [0.15, 0.2) is 0 Å². The largest absolute Gasteiger partial charge is 0.415 e. The van der Waals surface area contributed by atoms with Gasteiger partial charge in [-0.1, -0.05) is 55.5 Å². The van der Waals surface area contributed by atoms with Crippen molar-refractivity contribution in [2.45, 2.75) is 25.8 Å². The van der Waals surface area contributed by atoms with Gasteiger partial charge in [-0.15, -0.1) is 0 Å². The highest BCUT2D eigenvalue weighted by Crippen LogP contribution is 2.25. The Kier molecular flexibility index (Phi) is 6.07. The van der Waals surface area contributed by atoms with Crippen molar-refractivity contribution in [3.8, 4) is 5.75 Å². The normalized spacial score (nSPS) is 16.9. The predicted molar refractivity (Wildman–Crippen MR) is 99.7 cm³/mol. The number of hydrogen-bond acceptors (Lipinski definition) is 3. The van der Waals surface area contributed by atoms with Gasteiger partial charge in [0.1, 0.15) is 5.75 Å². The predicted octanol–water partition coefficient (Wildman–Crippen LogP) is 4.34. The van der Waals surface area contributed by atoms with E-state index in [-0.39, 0.29) is 6.09 Å². The molecule has 1 aliphatic heterocycles. The molecule has 1 fully saturated rings. The van der Waals surface area contributed by atoms with E-state index < -0.39 is 0 Å². The van der Waals surface area contributed by atoms with E-state index in [1.807, 2.05) is 35.2 Å². The first-order chi connectivity index (χ1) is 12.3. The van der Waals surface area contributed by atoms with E-state index in [4.69, 9.17) is 4.74 Å². The van der Waals surface area contributed by atoms with Crippen molar-refractivity contribution in [2.24, 2.45) is 0 Å². The van der Waals surface area contributed by atoms with Gasteiger partial charge in [-0.25, -0.2) is 4.79 Å². The number of nitrogens with zero attached hydrogens (tertiary/aromatic N) is 2. The third-order valence-corrected chi connectivity index (χ3v) is 4.75. The average molecular weight is 338 g/mol. The molecule has 0 unspecified atom stereocenters. The van der Waals surface area contributed by atoms with Crippen LogP contribution in [0.2, 0.25) is 0 Å². The van der Waals surface area contributed by atoms with E-state index in [1.165, 1.54) is 5.56 Å². The Morgan fingerprint density at radius 1 is 0.960 bits per heavy atom. The maximum absolute atomic E-state index is 12.4. The van der Waals surface area contributed by atoms with Crippen molar-refractivity contribution in [1.29, 1.82) is 0 Å². The molecule has 1 heterocycles. The summed E-state index contributed by atoms with van der Waals surface area (Å²) < 4.78 is 5.48. The first kappa shape index (κ1) is 17.5. The Morgan fingerprint density at radius 3 is 2.32 bits per heavy atom. The molecule has 3 rings (SSSR count). The summed E-state index contributed by atoms with van der Waals surface area (Å²) in [4.78, 5) is 16.7. The molecule has 0 bridgehead atoms. The smallest absolute Gasteiger partial charge is 0.410 e. The Morgan fingerprint density at radius 2 is 1.64 bits per heavy atom. The van der Waals surface area contributed by atoms with Crippen LogP contribution in [0.15, 0.2) is 60.7 Å². The monoisotopic (exact) mass is 338 g/mol. The lowest BCUT2D eigenvalue weighted by atomic mass is 10.0. The van der Waals surface area contributed by atoms with Crippen molar-refractivity contribution in [1.82, 2.24) is 9.80 Å². The fourth-order valence-electron chi connectivity index (χ4n) is 3.47. The number of hydrogen-bond donors (Lipinski definition) is 0. The summed E-state index contributed by atoms with van der Waals surface area (Å²) in [5.41, 5.74) is 1.35. The first-order valence-electron chi connectivity index (χ1n) is 9.08. The highest BCUT2D eigenvalue weighted by molar-refractivity contribution is 5.70. The van der Waals surface area contributed by atoms with Gasteiger partial charge >= 0.3 is 6.09 Å². The Labute approximate surface area is 150 Å². The van der Waals surface area contributed by atoms with Crippen LogP contribution in [-0.4, -0.2) is 42.1 Å². The SMILES string of the molecule is CC[C@H](c1ccccc1)N1CCCN(C(=O)Oc2ccccc2)CC1. The molecular formula is C21H26N2O2. The standard InChI is InChI=1S/C21H26N2O2/c1-2-20(18-10-5-3-6-11-18)22-14-9-15-23(17-16-22)21(24)25-19-12-7-4-8-13-19/h3-8,10-13,20H,2,9,14-17H2,1H3/t20-/m1/s1. The second-order valence-corrected chi connectivity index (χ2v) is 6.39. The molecule has 2 aromatic carbocycles. The zero-order valence-corrected chi connectivity index (χ0v) is 14.8. The summed E-state index contributed by atoms with van der Waals surface area (Å²) in [5.74, 6) is 0.601. The third-order valence-electron chi connectivity index (χ3n) is 4.75. The van der Waals surface area contributed by atoms with Gasteiger partial charge in [-0.2, -0.15) is 0 Å². The van der Waals surface area contributed by atoms with Gasteiger partial charge in [0, 0.05) is 32.2 Å². The highest BCUT2D eigenvalue weighted by atomic mass is 16.6. The molecule has 1 aliphatic rings. The molecule has 2 aromatic rings. The number of carbonyl (C=O) groups is 1. The van der Waals surface area contributed by atoms with Crippen LogP contribution >= 0.6 is 0 Å². The molecule has 0 N–H and O–H groups in total. The first-order valence-corrected chi connectivity index (χ1v) is 9.08. The molecule has 1 amide bonds. The molecule has 1 saturated heterocycles. The molecule has 132 valence electrons. The minimum atomic E-state index is -0.249. The molecular weight excluding hydrogens is 312 g/mol. The lowest BCUT2D eigenvalue weighted by Gasteiger charge is -2.30. The van der Waals surface area contributed by atoms with Crippen LogP contribution in [-0.2, 0) is 0 Å². The zero-order chi connectivity index (χ0) is 17.5. The van der Waals surface area contributed by atoms with E-state index in [0.29, 0.717) is 18.3 Å². The Bertz CT molecular complexity index is 660. The highest BCUT2D eigenvalue weighted by Gasteiger charge is 2.25. The van der Waals surface area contributed by atoms with Gasteiger partial charge < -0.3 is 9.64 Å². The van der Waals surface area contributed by atoms with E-state index in [2.05, 4.69) is 42.2 Å². The summed E-state index contributed by atoms with van der Waals surface area (Å²) in [6, 6.07) is 20.3. The fourth-order valence-corrected chi connectivity index (χ4v) is 3.47. The Hall–Kier alpha value is -2.33. The lowest BCUT2D eigenvalue weighted by Crippen LogP contribution is -2.37. The van der Waals surface area contributed by atoms with Crippen LogP contribution in [0.25, 0.3) is 0 Å². The maximum atomic E-state index is 12.4. The van der Waals surface area contributed by atoms with Gasteiger partial charge in [0.25, 0.3) is 0 Å². The summed E-state index contributed by atoms with van der Waals surface area (Å²) >= 11 is 0. The van der Waals surface area contributed by atoms with Crippen LogP contribution < -0.4 is 4.74 Å². The van der Waals surface area contributed by atoms with Gasteiger partial charge in [-0.05, 0) is 30.5 Å². The lowest BCUT2D eigenvalue weighted by molar-refractivity contribution is 0.150. The molecule has 0 aromatic heterocycles. The number of rotatable bonds is 4. The second kappa shape index (κ2) is 8.67. The summed E-state index contributed by atoms with van der Waals surface area (Å²) in [7, 11) is 0. The van der Waals surface area contributed by atoms with E-state index in [9.17, 15) is 4.79 Å². The maximum Gasteiger partial charge on any atom is 0.415 e. The molecule has 0 aliphatic carbocycles. The van der Waals surface area contributed by atoms with Crippen LogP contribution in [0.5, 0.6) is 5.75 Å². The number of para-hydroxylation sites is 1. The van der Waals surface area contributed by atoms with E-state index in [0.717, 1.165) is 32.5 Å². The number of ether oxygens (including phenoxy) is 1. The molecule has 0 spiro atoms. The van der Waals surface area contributed by atoms with Gasteiger partial charge in [0.2, 0.25) is 0 Å². The van der Waals surface area contributed by atoms with Crippen LogP contribution in [0.4, 0.5) is 4.79 Å². The number of amides is 1. The van der Waals surface area contributed by atoms with Crippen LogP contribution in [0.1, 0.15) is 31.4 Å². The molecule has 25 heavy (non-hydrogen) atoms. The fraction of sp³-hybridized carbons (Fsp3) is 0.381. The zero-order valence-electron chi connectivity index (χ0n) is 14.8. The van der Waals surface area contributed by atoms with Crippen molar-refractivity contribution < 1.29 is 9.53 Å². The average Bonchev–Trinajstić information content (AvgIpc) is 2.90. The van der Waals surface area contributed by atoms with E-state index in [1.54, 1.807) is 0 Å². The van der Waals surface area contributed by atoms with Gasteiger partial charge in [-0.3, -0.25) is 4.90 Å². The summed E-state index contributed by atoms with van der Waals surface area (Å²) in [6.07, 6.45) is 1.78. The van der Waals surface area contributed by atoms with Crippen molar-refractivity contribution in [3.63, 3.8) is 0 Å². The summed E-state index contributed by atoms with van der Waals surface area (Å²) in [6.45, 7) is 5.55. The van der Waals surface area contributed by atoms with Crippen molar-refractivity contribution in [3.05, 3.63) is 66.2 Å². The molecule has 4 heteroatoms. The quantitative estimate of drug-likeness (QED) is 0.831.